The molecule has 6 aromatic carbocycles. The zero-order chi connectivity index (χ0) is 78.1. The Kier molecular flexibility index (Phi) is 21.7. The van der Waals surface area contributed by atoms with Gasteiger partial charge < -0.3 is 0 Å². The van der Waals surface area contributed by atoms with E-state index in [0.717, 1.165) is 155 Å². The summed E-state index contributed by atoms with van der Waals surface area (Å²) >= 11 is 0. The van der Waals surface area contributed by atoms with E-state index in [9.17, 15) is 0 Å². The Morgan fingerprint density at radius 3 is 0.429 bits per heavy atom. The summed E-state index contributed by atoms with van der Waals surface area (Å²) in [6.45, 7) is 51.3. The van der Waals surface area contributed by atoms with Crippen molar-refractivity contribution in [3.05, 3.63) is 256 Å². The molecule has 0 aliphatic rings. The molecule has 558 valence electrons. The number of aryl methyl sites for hydroxylation is 24. The first-order valence-corrected chi connectivity index (χ1v) is 37.8. The summed E-state index contributed by atoms with van der Waals surface area (Å²) in [5.41, 5.74) is 44.3. The Morgan fingerprint density at radius 2 is 0.295 bits per heavy atom. The van der Waals surface area contributed by atoms with Crippen LogP contribution >= 0.6 is 0 Å². The third-order valence-electron chi connectivity index (χ3n) is 22.5. The van der Waals surface area contributed by atoms with E-state index in [-0.39, 0.29) is 39.0 Å². The second-order valence-electron chi connectivity index (χ2n) is 30.6. The maximum Gasteiger partial charge on any atom is 2.00 e. The summed E-state index contributed by atoms with van der Waals surface area (Å²) in [6.07, 6.45) is 7.15. The van der Waals surface area contributed by atoms with Crippen LogP contribution in [-0.2, 0) is 39.0 Å². The Labute approximate surface area is 679 Å². The van der Waals surface area contributed by atoms with Gasteiger partial charge >= 0.3 is 39.0 Å². The van der Waals surface area contributed by atoms with Gasteiger partial charge in [-0.05, 0) is 352 Å². The second-order valence-corrected chi connectivity index (χ2v) is 30.6. The molecule has 13 aromatic heterocycles. The van der Waals surface area contributed by atoms with Crippen molar-refractivity contribution in [3.63, 3.8) is 0 Å². The molecule has 0 bridgehead atoms. The van der Waals surface area contributed by atoms with E-state index >= 15 is 0 Å². The van der Waals surface area contributed by atoms with Gasteiger partial charge in [0.1, 0.15) is 0 Å². The van der Waals surface area contributed by atoms with E-state index in [1.807, 2.05) is 48.5 Å². The van der Waals surface area contributed by atoms with Crippen LogP contribution in [0.1, 0.15) is 135 Å². The molecule has 16 heteroatoms. The van der Waals surface area contributed by atoms with Crippen LogP contribution in [0.3, 0.4) is 0 Å². The molecule has 0 aliphatic heterocycles. The summed E-state index contributed by atoms with van der Waals surface area (Å²) < 4.78 is 0. The maximum absolute atomic E-state index is 5.14. The standard InChI is InChI=1S/C24H12N6.4C18H20N2.2Ru/c1-5-13-17(25-9-1)18-14(6-2-10-26-18)22-21(13)29-23-15-7-3-11-27-19(15)20-16(24(23)30-22)8-4-12-28-20;4*1-9-7-11(3)19-17-15(9)13(5)14(6)16-10(2)8-12(4)20-18(16)17;;/h1-12H;4*7-8H,1-6H3;;/q;;;;;2*+2. The SMILES string of the molecule is Cc1cc(C)c2c(C)c(C)c3c(C)cc(C)nc3c2n1.Cc1cc(C)c2c(C)c(C)c3c(C)cc(C)nc3c2n1.Cc1cc(C)c2c(C)c(C)c3c(C)cc(C)nc3c2n1.Cc1cc(C)c2c(C)c(C)c3c(C)cc(C)nc3c2n1.[Ru+2].[Ru+2].c1cnc2c(c1)c1nc3c4cccnc4c4ncccc4c3nc1c1cccnc12. The normalized spacial score (nSPS) is 11.4. The zero-order valence-corrected chi connectivity index (χ0v) is 72.0. The van der Waals surface area contributed by atoms with Crippen molar-refractivity contribution in [3.8, 4) is 0 Å². The van der Waals surface area contributed by atoms with Crippen LogP contribution in [0.2, 0.25) is 0 Å². The fourth-order valence-electron chi connectivity index (χ4n) is 17.7. The summed E-state index contributed by atoms with van der Waals surface area (Å²) in [7, 11) is 0. The zero-order valence-electron chi connectivity index (χ0n) is 68.5. The molecular weight excluding hydrogens is 1550 g/mol. The molecule has 0 unspecified atom stereocenters. The van der Waals surface area contributed by atoms with Gasteiger partial charge in [0.25, 0.3) is 0 Å². The average Bonchev–Trinajstić information content (AvgIpc) is 0.692. The van der Waals surface area contributed by atoms with Crippen molar-refractivity contribution in [1.82, 2.24) is 69.8 Å². The van der Waals surface area contributed by atoms with Crippen molar-refractivity contribution in [1.29, 1.82) is 0 Å². The number of benzene rings is 6. The van der Waals surface area contributed by atoms with E-state index in [2.05, 4.69) is 235 Å². The number of nitrogens with zero attached hydrogens (tertiary/aromatic N) is 14. The summed E-state index contributed by atoms with van der Waals surface area (Å²) in [6, 6.07) is 33.1. The second kappa shape index (κ2) is 30.6. The number of pyridine rings is 12. The molecule has 19 rings (SSSR count). The first-order valence-electron chi connectivity index (χ1n) is 37.8. The Morgan fingerprint density at radius 1 is 0.161 bits per heavy atom. The molecule has 19 aromatic rings. The molecular formula is C96H92N14Ru2+4. The van der Waals surface area contributed by atoms with Gasteiger partial charge in [-0.25, -0.2) is 9.97 Å². The number of fused-ring (bicyclic) bond motifs is 24. The van der Waals surface area contributed by atoms with Crippen molar-refractivity contribution in [2.45, 2.75) is 166 Å². The number of aromatic nitrogens is 14. The van der Waals surface area contributed by atoms with Crippen LogP contribution in [-0.4, -0.2) is 69.8 Å². The fourth-order valence-corrected chi connectivity index (χ4v) is 17.7. The van der Waals surface area contributed by atoms with E-state index in [0.29, 0.717) is 0 Å². The molecule has 0 fully saturated rings. The van der Waals surface area contributed by atoms with E-state index in [1.165, 1.54) is 132 Å². The molecule has 0 aliphatic carbocycles. The topological polar surface area (TPSA) is 180 Å². The molecule has 14 nitrogen and oxygen atoms in total. The Hall–Kier alpha value is -10.9. The third-order valence-corrected chi connectivity index (χ3v) is 22.5. The van der Waals surface area contributed by atoms with E-state index in [1.54, 1.807) is 24.8 Å². The predicted molar refractivity (Wildman–Crippen MR) is 460 cm³/mol. The monoisotopic (exact) mass is 1640 g/mol. The van der Waals surface area contributed by atoms with Gasteiger partial charge in [0, 0.05) is 135 Å². The van der Waals surface area contributed by atoms with Crippen LogP contribution in [0, 0.1) is 166 Å². The first kappa shape index (κ1) is 79.2. The number of hydrogen-bond acceptors (Lipinski definition) is 14. The minimum absolute atomic E-state index is 0. The molecule has 13 heterocycles. The molecule has 0 N–H and O–H groups in total. The van der Waals surface area contributed by atoms with Crippen LogP contribution in [0.15, 0.2) is 122 Å². The van der Waals surface area contributed by atoms with Gasteiger partial charge in [0.15, 0.2) is 0 Å². The molecule has 0 spiro atoms. The summed E-state index contributed by atoms with van der Waals surface area (Å²) in [5.74, 6) is 0. The third kappa shape index (κ3) is 13.6. The Bertz CT molecular complexity index is 6070. The Balaban J connectivity index is 0.000000124. The molecule has 0 saturated heterocycles. The predicted octanol–water partition coefficient (Wildman–Crippen LogP) is 23.5. The number of hydrogen-bond donors (Lipinski definition) is 0. The minimum atomic E-state index is 0. The smallest absolute Gasteiger partial charge is 0.254 e. The van der Waals surface area contributed by atoms with Crippen LogP contribution < -0.4 is 0 Å². The molecule has 0 amide bonds. The van der Waals surface area contributed by atoms with Crippen LogP contribution in [0.5, 0.6) is 0 Å². The van der Waals surface area contributed by atoms with Gasteiger partial charge in [-0.1, -0.05) is 0 Å². The van der Waals surface area contributed by atoms with Crippen molar-refractivity contribution < 1.29 is 39.0 Å². The van der Waals surface area contributed by atoms with Crippen molar-refractivity contribution >= 4 is 153 Å². The van der Waals surface area contributed by atoms with Crippen molar-refractivity contribution in [2.24, 2.45) is 0 Å². The summed E-state index contributed by atoms with van der Waals surface area (Å²) in [5, 5.41) is 13.9. The molecule has 0 atom stereocenters. The fraction of sp³-hybridized carbons (Fsp3) is 0.250. The quantitative estimate of drug-likeness (QED) is 0.0794. The van der Waals surface area contributed by atoms with E-state index < -0.39 is 0 Å². The molecule has 0 radical (unpaired) electrons. The largest absolute Gasteiger partial charge is 2.00 e. The van der Waals surface area contributed by atoms with Crippen LogP contribution in [0.25, 0.3) is 153 Å². The maximum atomic E-state index is 5.14. The minimum Gasteiger partial charge on any atom is -0.254 e. The van der Waals surface area contributed by atoms with Crippen LogP contribution in [0.4, 0.5) is 0 Å². The van der Waals surface area contributed by atoms with Gasteiger partial charge in [-0.15, -0.1) is 0 Å². The van der Waals surface area contributed by atoms with Gasteiger partial charge in [0.05, 0.1) is 88.3 Å². The molecule has 112 heavy (non-hydrogen) atoms. The summed E-state index contributed by atoms with van der Waals surface area (Å²) in [4.78, 5) is 67.0. The van der Waals surface area contributed by atoms with Gasteiger partial charge in [-0.2, -0.15) is 0 Å². The first-order chi connectivity index (χ1) is 52.5. The molecule has 0 saturated carbocycles. The van der Waals surface area contributed by atoms with Gasteiger partial charge in [-0.3, -0.25) is 59.8 Å². The average molecular weight is 1640 g/mol. The van der Waals surface area contributed by atoms with Gasteiger partial charge in [0.2, 0.25) is 0 Å². The van der Waals surface area contributed by atoms with Crippen molar-refractivity contribution in [2.75, 3.05) is 0 Å². The van der Waals surface area contributed by atoms with E-state index in [4.69, 9.17) is 49.8 Å². The number of rotatable bonds is 0.